The Morgan fingerprint density at radius 1 is 0.960 bits per heavy atom. The summed E-state index contributed by atoms with van der Waals surface area (Å²) in [4.78, 5) is 15.5. The van der Waals surface area contributed by atoms with Gasteiger partial charge in [0.25, 0.3) is 0 Å². The summed E-state index contributed by atoms with van der Waals surface area (Å²) >= 11 is 0. The highest BCUT2D eigenvalue weighted by atomic mass is 16.2. The van der Waals surface area contributed by atoms with E-state index in [9.17, 15) is 4.79 Å². The first-order valence-electron chi connectivity index (χ1n) is 10.3. The van der Waals surface area contributed by atoms with E-state index in [1.165, 1.54) is 32.1 Å². The minimum atomic E-state index is -0.0571. The summed E-state index contributed by atoms with van der Waals surface area (Å²) in [5.41, 5.74) is 1.07. The maximum atomic E-state index is 13.3. The fourth-order valence-electron chi connectivity index (χ4n) is 4.55. The van der Waals surface area contributed by atoms with Crippen LogP contribution < -0.4 is 5.32 Å². The first kappa shape index (κ1) is 18.3. The van der Waals surface area contributed by atoms with Crippen LogP contribution in [0.4, 0.5) is 5.69 Å². The van der Waals surface area contributed by atoms with Crippen LogP contribution in [0, 0.1) is 17.8 Å². The van der Waals surface area contributed by atoms with Crippen LogP contribution in [-0.2, 0) is 4.79 Å². The van der Waals surface area contributed by atoms with E-state index in [1.807, 2.05) is 18.2 Å². The fraction of sp³-hybridized carbons (Fsp3) is 0.682. The highest BCUT2D eigenvalue weighted by molar-refractivity contribution is 5.85. The van der Waals surface area contributed by atoms with Gasteiger partial charge in [0, 0.05) is 18.8 Å². The van der Waals surface area contributed by atoms with Crippen molar-refractivity contribution >= 4 is 11.6 Å². The molecule has 0 radical (unpaired) electrons. The van der Waals surface area contributed by atoms with Crippen LogP contribution in [-0.4, -0.2) is 29.9 Å². The standard InChI is InChI=1S/C22H34N2O/c1-17(2)18-13-15-24(16-14-18)22(25)21(19-9-5-3-6-10-19)23-20-11-7-4-8-12-20/h4,7-8,11-12,17-19,21,23H,3,5-6,9-10,13-16H2,1-2H3/t21-/m1/s1. The van der Waals surface area contributed by atoms with Crippen LogP contribution in [0.1, 0.15) is 58.8 Å². The second-order valence-corrected chi connectivity index (χ2v) is 8.29. The summed E-state index contributed by atoms with van der Waals surface area (Å²) in [5, 5.41) is 3.59. The molecule has 2 fully saturated rings. The summed E-state index contributed by atoms with van der Waals surface area (Å²) in [6.45, 7) is 6.48. The number of rotatable bonds is 5. The van der Waals surface area contributed by atoms with E-state index in [2.05, 4.69) is 36.2 Å². The number of nitrogens with one attached hydrogen (secondary N) is 1. The minimum Gasteiger partial charge on any atom is -0.373 e. The molecule has 1 atom stereocenters. The highest BCUT2D eigenvalue weighted by Crippen LogP contribution is 2.31. The molecule has 1 amide bonds. The molecular weight excluding hydrogens is 308 g/mol. The maximum Gasteiger partial charge on any atom is 0.245 e. The van der Waals surface area contributed by atoms with Crippen LogP contribution in [0.3, 0.4) is 0 Å². The molecule has 138 valence electrons. The quantitative estimate of drug-likeness (QED) is 0.822. The van der Waals surface area contributed by atoms with E-state index >= 15 is 0 Å². The lowest BCUT2D eigenvalue weighted by Crippen LogP contribution is -2.50. The van der Waals surface area contributed by atoms with Crippen molar-refractivity contribution < 1.29 is 4.79 Å². The number of hydrogen-bond donors (Lipinski definition) is 1. The van der Waals surface area contributed by atoms with Crippen molar-refractivity contribution in [3.05, 3.63) is 30.3 Å². The number of hydrogen-bond acceptors (Lipinski definition) is 2. The van der Waals surface area contributed by atoms with Crippen LogP contribution in [0.25, 0.3) is 0 Å². The number of nitrogens with zero attached hydrogens (tertiary/aromatic N) is 1. The second-order valence-electron chi connectivity index (χ2n) is 8.29. The Labute approximate surface area is 153 Å². The third-order valence-electron chi connectivity index (χ3n) is 6.28. The van der Waals surface area contributed by atoms with Gasteiger partial charge >= 0.3 is 0 Å². The number of carbonyl (C=O) groups is 1. The zero-order valence-electron chi connectivity index (χ0n) is 15.9. The van der Waals surface area contributed by atoms with Crippen molar-refractivity contribution in [1.82, 2.24) is 4.90 Å². The molecule has 0 bridgehead atoms. The Hall–Kier alpha value is -1.51. The lowest BCUT2D eigenvalue weighted by Gasteiger charge is -2.38. The molecule has 0 aromatic heterocycles. The van der Waals surface area contributed by atoms with Crippen molar-refractivity contribution in [1.29, 1.82) is 0 Å². The highest BCUT2D eigenvalue weighted by Gasteiger charge is 2.34. The largest absolute Gasteiger partial charge is 0.373 e. The van der Waals surface area contributed by atoms with Crippen LogP contribution in [0.15, 0.2) is 30.3 Å². The van der Waals surface area contributed by atoms with Gasteiger partial charge in [0.05, 0.1) is 0 Å². The fourth-order valence-corrected chi connectivity index (χ4v) is 4.55. The molecule has 1 aromatic carbocycles. The smallest absolute Gasteiger partial charge is 0.245 e. The molecule has 1 N–H and O–H groups in total. The van der Waals surface area contributed by atoms with Crippen molar-refractivity contribution in [3.8, 4) is 0 Å². The van der Waals surface area contributed by atoms with E-state index in [-0.39, 0.29) is 6.04 Å². The molecule has 1 heterocycles. The molecule has 0 spiro atoms. The molecule has 1 saturated carbocycles. The Bertz CT molecular complexity index is 528. The Morgan fingerprint density at radius 2 is 1.60 bits per heavy atom. The van der Waals surface area contributed by atoms with Gasteiger partial charge in [-0.05, 0) is 55.6 Å². The zero-order chi connectivity index (χ0) is 17.6. The van der Waals surface area contributed by atoms with Gasteiger partial charge in [0.15, 0.2) is 0 Å². The molecule has 1 aliphatic heterocycles. The van der Waals surface area contributed by atoms with Crippen molar-refractivity contribution in [2.45, 2.75) is 64.8 Å². The van der Waals surface area contributed by atoms with Gasteiger partial charge < -0.3 is 10.2 Å². The van der Waals surface area contributed by atoms with Gasteiger partial charge in [-0.1, -0.05) is 51.3 Å². The predicted octanol–water partition coefficient (Wildman–Crippen LogP) is 4.94. The number of piperidine rings is 1. The molecule has 3 heteroatoms. The third-order valence-corrected chi connectivity index (χ3v) is 6.28. The van der Waals surface area contributed by atoms with Gasteiger partial charge in [-0.25, -0.2) is 0 Å². The summed E-state index contributed by atoms with van der Waals surface area (Å²) in [7, 11) is 0. The third kappa shape index (κ3) is 4.77. The van der Waals surface area contributed by atoms with E-state index in [0.29, 0.717) is 11.8 Å². The van der Waals surface area contributed by atoms with Crippen LogP contribution in [0.2, 0.25) is 0 Å². The summed E-state index contributed by atoms with van der Waals surface area (Å²) < 4.78 is 0. The molecule has 3 nitrogen and oxygen atoms in total. The van der Waals surface area contributed by atoms with Crippen molar-refractivity contribution in [2.75, 3.05) is 18.4 Å². The second kappa shape index (κ2) is 8.73. The molecule has 3 rings (SSSR count). The molecule has 1 aliphatic carbocycles. The van der Waals surface area contributed by atoms with Gasteiger partial charge in [-0.3, -0.25) is 4.79 Å². The number of carbonyl (C=O) groups excluding carboxylic acids is 1. The topological polar surface area (TPSA) is 32.3 Å². The lowest BCUT2D eigenvalue weighted by atomic mass is 9.82. The summed E-state index contributed by atoms with van der Waals surface area (Å²) in [6, 6.07) is 10.2. The first-order valence-corrected chi connectivity index (χ1v) is 10.3. The van der Waals surface area contributed by atoms with Crippen molar-refractivity contribution in [3.63, 3.8) is 0 Å². The molecule has 1 aromatic rings. The van der Waals surface area contributed by atoms with Gasteiger partial charge in [-0.2, -0.15) is 0 Å². The van der Waals surface area contributed by atoms with Crippen LogP contribution >= 0.6 is 0 Å². The molecule has 1 saturated heterocycles. The van der Waals surface area contributed by atoms with E-state index < -0.39 is 0 Å². The number of para-hydroxylation sites is 1. The Balaban J connectivity index is 1.68. The summed E-state index contributed by atoms with van der Waals surface area (Å²) in [6.07, 6.45) is 8.53. The molecule has 25 heavy (non-hydrogen) atoms. The molecule has 2 aliphatic rings. The number of likely N-dealkylation sites (tertiary alicyclic amines) is 1. The Morgan fingerprint density at radius 3 is 2.20 bits per heavy atom. The maximum absolute atomic E-state index is 13.3. The van der Waals surface area contributed by atoms with Crippen LogP contribution in [0.5, 0.6) is 0 Å². The predicted molar refractivity (Wildman–Crippen MR) is 105 cm³/mol. The SMILES string of the molecule is CC(C)C1CCN(C(=O)[C@H](Nc2ccccc2)C2CCCCC2)CC1. The van der Waals surface area contributed by atoms with Gasteiger partial charge in [0.1, 0.15) is 6.04 Å². The average Bonchev–Trinajstić information content (AvgIpc) is 2.67. The van der Waals surface area contributed by atoms with E-state index in [1.54, 1.807) is 0 Å². The molecule has 0 unspecified atom stereocenters. The molecular formula is C22H34N2O. The van der Waals surface area contributed by atoms with E-state index in [4.69, 9.17) is 0 Å². The number of amides is 1. The van der Waals surface area contributed by atoms with E-state index in [0.717, 1.165) is 43.5 Å². The number of benzene rings is 1. The first-order chi connectivity index (χ1) is 12.1. The zero-order valence-corrected chi connectivity index (χ0v) is 15.9. The number of anilines is 1. The summed E-state index contributed by atoms with van der Waals surface area (Å²) in [5.74, 6) is 2.32. The van der Waals surface area contributed by atoms with Gasteiger partial charge in [0.2, 0.25) is 5.91 Å². The van der Waals surface area contributed by atoms with Gasteiger partial charge in [-0.15, -0.1) is 0 Å². The average molecular weight is 343 g/mol. The Kier molecular flexibility index (Phi) is 6.39. The normalized spacial score (nSPS) is 21.3. The monoisotopic (exact) mass is 342 g/mol. The minimum absolute atomic E-state index is 0.0571. The lowest BCUT2D eigenvalue weighted by molar-refractivity contribution is -0.135. The van der Waals surface area contributed by atoms with Crippen molar-refractivity contribution in [2.24, 2.45) is 17.8 Å².